The van der Waals surface area contributed by atoms with E-state index in [2.05, 4.69) is 16.0 Å². The summed E-state index contributed by atoms with van der Waals surface area (Å²) in [5.74, 6) is -0.0244. The second-order valence-corrected chi connectivity index (χ2v) is 5.74. The Labute approximate surface area is 125 Å². The SMILES string of the molecule is CC(C)NC(=O)c1ccc(NC(=O)[C@@H]2CCCNC2)cc1. The topological polar surface area (TPSA) is 70.2 Å². The predicted octanol–water partition coefficient (Wildman–Crippen LogP) is 1.76. The predicted molar refractivity (Wildman–Crippen MR) is 83.3 cm³/mol. The first kappa shape index (κ1) is 15.5. The van der Waals surface area contributed by atoms with Crippen LogP contribution in [0, 0.1) is 5.92 Å². The van der Waals surface area contributed by atoms with E-state index in [0.29, 0.717) is 5.56 Å². The van der Waals surface area contributed by atoms with Gasteiger partial charge in [-0.25, -0.2) is 0 Å². The number of benzene rings is 1. The summed E-state index contributed by atoms with van der Waals surface area (Å²) in [5.41, 5.74) is 1.33. The number of rotatable bonds is 4. The van der Waals surface area contributed by atoms with Gasteiger partial charge < -0.3 is 16.0 Å². The fraction of sp³-hybridized carbons (Fsp3) is 0.500. The van der Waals surface area contributed by atoms with Gasteiger partial charge in [0.15, 0.2) is 0 Å². The molecule has 1 heterocycles. The van der Waals surface area contributed by atoms with Crippen LogP contribution in [-0.2, 0) is 4.79 Å². The number of piperidine rings is 1. The molecule has 0 unspecified atom stereocenters. The third kappa shape index (κ3) is 4.56. The number of nitrogens with one attached hydrogen (secondary N) is 3. The van der Waals surface area contributed by atoms with E-state index in [1.165, 1.54) is 0 Å². The van der Waals surface area contributed by atoms with Crippen molar-refractivity contribution < 1.29 is 9.59 Å². The van der Waals surface area contributed by atoms with E-state index < -0.39 is 0 Å². The first-order valence-electron chi connectivity index (χ1n) is 7.49. The molecule has 5 nitrogen and oxygen atoms in total. The maximum atomic E-state index is 12.1. The highest BCUT2D eigenvalue weighted by molar-refractivity contribution is 5.96. The van der Waals surface area contributed by atoms with Crippen LogP contribution >= 0.6 is 0 Å². The zero-order valence-electron chi connectivity index (χ0n) is 12.6. The molecule has 0 saturated carbocycles. The number of hydrogen-bond donors (Lipinski definition) is 3. The molecule has 5 heteroatoms. The smallest absolute Gasteiger partial charge is 0.251 e. The van der Waals surface area contributed by atoms with Crippen molar-refractivity contribution >= 4 is 17.5 Å². The van der Waals surface area contributed by atoms with Crippen LogP contribution < -0.4 is 16.0 Å². The quantitative estimate of drug-likeness (QED) is 0.791. The van der Waals surface area contributed by atoms with Crippen molar-refractivity contribution in [1.29, 1.82) is 0 Å². The Morgan fingerprint density at radius 2 is 1.95 bits per heavy atom. The summed E-state index contributed by atoms with van der Waals surface area (Å²) >= 11 is 0. The van der Waals surface area contributed by atoms with Crippen molar-refractivity contribution in [3.05, 3.63) is 29.8 Å². The van der Waals surface area contributed by atoms with E-state index in [9.17, 15) is 9.59 Å². The maximum absolute atomic E-state index is 12.1. The third-order valence-corrected chi connectivity index (χ3v) is 3.50. The van der Waals surface area contributed by atoms with Gasteiger partial charge in [0.1, 0.15) is 0 Å². The van der Waals surface area contributed by atoms with E-state index in [1.54, 1.807) is 24.3 Å². The van der Waals surface area contributed by atoms with E-state index in [4.69, 9.17) is 0 Å². The molecule has 2 rings (SSSR count). The number of carbonyl (C=O) groups excluding carboxylic acids is 2. The molecule has 0 aliphatic carbocycles. The first-order valence-corrected chi connectivity index (χ1v) is 7.49. The second kappa shape index (κ2) is 7.22. The highest BCUT2D eigenvalue weighted by atomic mass is 16.2. The van der Waals surface area contributed by atoms with E-state index in [1.807, 2.05) is 13.8 Å². The van der Waals surface area contributed by atoms with Crippen LogP contribution in [0.2, 0.25) is 0 Å². The Balaban J connectivity index is 1.92. The van der Waals surface area contributed by atoms with Crippen LogP contribution in [0.3, 0.4) is 0 Å². The Morgan fingerprint density at radius 1 is 1.24 bits per heavy atom. The summed E-state index contributed by atoms with van der Waals surface area (Å²) in [6.45, 7) is 5.57. The number of amides is 2. The van der Waals surface area contributed by atoms with Gasteiger partial charge in [-0.2, -0.15) is 0 Å². The molecule has 1 saturated heterocycles. The van der Waals surface area contributed by atoms with Crippen molar-refractivity contribution in [3.8, 4) is 0 Å². The molecule has 21 heavy (non-hydrogen) atoms. The lowest BCUT2D eigenvalue weighted by Crippen LogP contribution is -2.37. The lowest BCUT2D eigenvalue weighted by molar-refractivity contribution is -0.120. The third-order valence-electron chi connectivity index (χ3n) is 3.50. The highest BCUT2D eigenvalue weighted by Crippen LogP contribution is 2.15. The van der Waals surface area contributed by atoms with Crippen molar-refractivity contribution in [1.82, 2.24) is 10.6 Å². The van der Waals surface area contributed by atoms with Gasteiger partial charge in [0, 0.05) is 23.8 Å². The van der Waals surface area contributed by atoms with Gasteiger partial charge >= 0.3 is 0 Å². The lowest BCUT2D eigenvalue weighted by Gasteiger charge is -2.21. The monoisotopic (exact) mass is 289 g/mol. The zero-order chi connectivity index (χ0) is 15.2. The van der Waals surface area contributed by atoms with Crippen LogP contribution in [0.4, 0.5) is 5.69 Å². The van der Waals surface area contributed by atoms with Crippen molar-refractivity contribution in [2.75, 3.05) is 18.4 Å². The van der Waals surface area contributed by atoms with Crippen LogP contribution in [0.25, 0.3) is 0 Å². The summed E-state index contributed by atoms with van der Waals surface area (Å²) in [5, 5.41) is 8.97. The normalized spacial score (nSPS) is 18.3. The summed E-state index contributed by atoms with van der Waals surface area (Å²) in [4.78, 5) is 23.9. The largest absolute Gasteiger partial charge is 0.350 e. The molecular weight excluding hydrogens is 266 g/mol. The Hall–Kier alpha value is -1.88. The Morgan fingerprint density at radius 3 is 2.52 bits per heavy atom. The van der Waals surface area contributed by atoms with E-state index >= 15 is 0 Å². The number of carbonyl (C=O) groups is 2. The molecule has 0 aromatic heterocycles. The summed E-state index contributed by atoms with van der Waals surface area (Å²) in [7, 11) is 0. The molecule has 114 valence electrons. The first-order chi connectivity index (χ1) is 10.1. The Bertz CT molecular complexity index is 491. The molecule has 2 amide bonds. The van der Waals surface area contributed by atoms with E-state index in [0.717, 1.165) is 31.6 Å². The average Bonchev–Trinajstić information content (AvgIpc) is 2.48. The van der Waals surface area contributed by atoms with Gasteiger partial charge in [0.2, 0.25) is 5.91 Å². The van der Waals surface area contributed by atoms with Gasteiger partial charge in [-0.3, -0.25) is 9.59 Å². The van der Waals surface area contributed by atoms with Crippen LogP contribution in [-0.4, -0.2) is 30.9 Å². The molecular formula is C16H23N3O2. The van der Waals surface area contributed by atoms with Crippen molar-refractivity contribution in [2.24, 2.45) is 5.92 Å². The maximum Gasteiger partial charge on any atom is 0.251 e. The van der Waals surface area contributed by atoms with Crippen LogP contribution in [0.5, 0.6) is 0 Å². The minimum absolute atomic E-state index is 0.0302. The standard InChI is InChI=1S/C16H23N3O2/c1-11(2)18-15(20)12-5-7-14(8-6-12)19-16(21)13-4-3-9-17-10-13/h5-8,11,13,17H,3-4,9-10H2,1-2H3,(H,18,20)(H,19,21)/t13-/m1/s1. The van der Waals surface area contributed by atoms with Crippen molar-refractivity contribution in [3.63, 3.8) is 0 Å². The molecule has 1 aromatic carbocycles. The average molecular weight is 289 g/mol. The molecule has 1 fully saturated rings. The number of hydrogen-bond acceptors (Lipinski definition) is 3. The van der Waals surface area contributed by atoms with Gasteiger partial charge in [0.05, 0.1) is 5.92 Å². The molecule has 0 bridgehead atoms. The van der Waals surface area contributed by atoms with Gasteiger partial charge in [-0.15, -0.1) is 0 Å². The molecule has 1 aromatic rings. The highest BCUT2D eigenvalue weighted by Gasteiger charge is 2.20. The van der Waals surface area contributed by atoms with Gasteiger partial charge in [-0.1, -0.05) is 0 Å². The van der Waals surface area contributed by atoms with Crippen molar-refractivity contribution in [2.45, 2.75) is 32.7 Å². The molecule has 1 atom stereocenters. The molecule has 0 radical (unpaired) electrons. The number of anilines is 1. The van der Waals surface area contributed by atoms with Crippen LogP contribution in [0.1, 0.15) is 37.0 Å². The lowest BCUT2D eigenvalue weighted by atomic mass is 9.99. The molecule has 1 aliphatic rings. The van der Waals surface area contributed by atoms with Gasteiger partial charge in [-0.05, 0) is 57.5 Å². The van der Waals surface area contributed by atoms with E-state index in [-0.39, 0.29) is 23.8 Å². The van der Waals surface area contributed by atoms with Gasteiger partial charge in [0.25, 0.3) is 5.91 Å². The summed E-state index contributed by atoms with van der Waals surface area (Å²) in [6.07, 6.45) is 1.96. The fourth-order valence-electron chi connectivity index (χ4n) is 2.37. The summed E-state index contributed by atoms with van der Waals surface area (Å²) in [6, 6.07) is 7.10. The Kier molecular flexibility index (Phi) is 5.33. The second-order valence-electron chi connectivity index (χ2n) is 5.74. The zero-order valence-corrected chi connectivity index (χ0v) is 12.6. The minimum atomic E-state index is -0.0978. The fourth-order valence-corrected chi connectivity index (χ4v) is 2.37. The molecule has 1 aliphatic heterocycles. The minimum Gasteiger partial charge on any atom is -0.350 e. The summed E-state index contributed by atoms with van der Waals surface area (Å²) < 4.78 is 0. The molecule has 3 N–H and O–H groups in total. The van der Waals surface area contributed by atoms with Crippen LogP contribution in [0.15, 0.2) is 24.3 Å². The molecule has 0 spiro atoms.